The van der Waals surface area contributed by atoms with E-state index in [1.165, 1.54) is 17.3 Å². The van der Waals surface area contributed by atoms with Gasteiger partial charge in [0.1, 0.15) is 12.4 Å². The SMILES string of the molecule is CN1CC(=O)N(c2ccc(C[C@H]3CC[C@H](Cc4ncc(OC(F)F)cn4)C3)nc2)C1=O. The molecule has 164 valence electrons. The number of pyridine rings is 1. The predicted octanol–water partition coefficient (Wildman–Crippen LogP) is 3.07. The summed E-state index contributed by atoms with van der Waals surface area (Å²) in [6.07, 6.45) is 8.77. The maximum absolute atomic E-state index is 12.2. The monoisotopic (exact) mass is 431 g/mol. The molecule has 1 saturated carbocycles. The Kier molecular flexibility index (Phi) is 6.06. The molecule has 1 saturated heterocycles. The average Bonchev–Trinajstić information content (AvgIpc) is 3.27. The Morgan fingerprint density at radius 3 is 2.35 bits per heavy atom. The fourth-order valence-electron chi connectivity index (χ4n) is 4.26. The summed E-state index contributed by atoms with van der Waals surface area (Å²) in [6, 6.07) is 3.29. The van der Waals surface area contributed by atoms with E-state index >= 15 is 0 Å². The molecule has 3 amide bonds. The van der Waals surface area contributed by atoms with Gasteiger partial charge in [-0.25, -0.2) is 19.7 Å². The highest BCUT2D eigenvalue weighted by molar-refractivity contribution is 6.19. The van der Waals surface area contributed by atoms with Gasteiger partial charge in [0.25, 0.3) is 5.91 Å². The number of amides is 3. The lowest BCUT2D eigenvalue weighted by molar-refractivity contribution is -0.116. The quantitative estimate of drug-likeness (QED) is 0.626. The molecule has 0 unspecified atom stereocenters. The summed E-state index contributed by atoms with van der Waals surface area (Å²) in [5.41, 5.74) is 1.41. The first-order valence-electron chi connectivity index (χ1n) is 10.2. The van der Waals surface area contributed by atoms with Gasteiger partial charge in [0.05, 0.1) is 24.3 Å². The third-order valence-electron chi connectivity index (χ3n) is 5.73. The van der Waals surface area contributed by atoms with Crippen molar-refractivity contribution in [2.45, 2.75) is 38.7 Å². The standard InChI is InChI=1S/C21H23F2N5O3/c1-27-12-19(29)28(21(27)30)16-5-4-15(24-9-16)7-13-2-3-14(6-13)8-18-25-10-17(11-26-18)31-20(22)23/h4-5,9-11,13-14,20H,2-3,6-8,12H2,1H3/t13-,14-/m0/s1. The smallest absolute Gasteiger partial charge is 0.387 e. The summed E-state index contributed by atoms with van der Waals surface area (Å²) in [5, 5.41) is 0. The van der Waals surface area contributed by atoms with Crippen molar-refractivity contribution in [1.29, 1.82) is 0 Å². The van der Waals surface area contributed by atoms with Crippen molar-refractivity contribution in [2.24, 2.45) is 11.8 Å². The fourth-order valence-corrected chi connectivity index (χ4v) is 4.26. The van der Waals surface area contributed by atoms with E-state index < -0.39 is 6.61 Å². The molecule has 1 aliphatic heterocycles. The van der Waals surface area contributed by atoms with Crippen molar-refractivity contribution in [3.63, 3.8) is 0 Å². The lowest BCUT2D eigenvalue weighted by atomic mass is 9.97. The Labute approximate surface area is 178 Å². The van der Waals surface area contributed by atoms with Gasteiger partial charge < -0.3 is 9.64 Å². The van der Waals surface area contributed by atoms with Gasteiger partial charge in [-0.1, -0.05) is 0 Å². The summed E-state index contributed by atoms with van der Waals surface area (Å²) in [6.45, 7) is -2.80. The van der Waals surface area contributed by atoms with E-state index in [9.17, 15) is 18.4 Å². The molecule has 0 spiro atoms. The molecule has 2 atom stereocenters. The van der Waals surface area contributed by atoms with E-state index in [1.807, 2.05) is 6.07 Å². The van der Waals surface area contributed by atoms with Crippen LogP contribution < -0.4 is 9.64 Å². The van der Waals surface area contributed by atoms with Crippen LogP contribution in [0.1, 0.15) is 30.8 Å². The fraction of sp³-hybridized carbons (Fsp3) is 0.476. The van der Waals surface area contributed by atoms with Crippen LogP contribution in [0, 0.1) is 11.8 Å². The molecule has 10 heteroatoms. The van der Waals surface area contributed by atoms with E-state index in [0.29, 0.717) is 29.8 Å². The van der Waals surface area contributed by atoms with Crippen LogP contribution in [0.3, 0.4) is 0 Å². The lowest BCUT2D eigenvalue weighted by Crippen LogP contribution is -2.31. The van der Waals surface area contributed by atoms with Crippen LogP contribution in [0.4, 0.5) is 19.3 Å². The van der Waals surface area contributed by atoms with E-state index in [-0.39, 0.29) is 24.2 Å². The first kappa shape index (κ1) is 21.1. The van der Waals surface area contributed by atoms with Gasteiger partial charge >= 0.3 is 12.6 Å². The minimum absolute atomic E-state index is 0.0402. The molecule has 2 fully saturated rings. The van der Waals surface area contributed by atoms with E-state index in [1.54, 1.807) is 19.3 Å². The molecule has 31 heavy (non-hydrogen) atoms. The number of urea groups is 1. The molecule has 3 heterocycles. The second-order valence-electron chi connectivity index (χ2n) is 8.04. The number of nitrogens with zero attached hydrogens (tertiary/aromatic N) is 5. The molecule has 0 bridgehead atoms. The minimum atomic E-state index is -2.88. The van der Waals surface area contributed by atoms with Gasteiger partial charge in [0.15, 0.2) is 5.75 Å². The van der Waals surface area contributed by atoms with E-state index in [0.717, 1.165) is 36.3 Å². The molecule has 1 aliphatic carbocycles. The topological polar surface area (TPSA) is 88.5 Å². The number of hydrogen-bond acceptors (Lipinski definition) is 6. The van der Waals surface area contributed by atoms with E-state index in [4.69, 9.17) is 0 Å². The van der Waals surface area contributed by atoms with Crippen LogP contribution in [0.15, 0.2) is 30.7 Å². The number of likely N-dealkylation sites (N-methyl/N-ethyl adjacent to an activating group) is 1. The van der Waals surface area contributed by atoms with Crippen LogP contribution in [-0.2, 0) is 17.6 Å². The molecule has 0 radical (unpaired) electrons. The maximum atomic E-state index is 12.2. The number of aromatic nitrogens is 3. The zero-order chi connectivity index (χ0) is 22.0. The predicted molar refractivity (Wildman–Crippen MR) is 107 cm³/mol. The molecule has 8 nitrogen and oxygen atoms in total. The largest absolute Gasteiger partial charge is 0.432 e. The molecule has 2 aromatic rings. The molecule has 0 N–H and O–H groups in total. The Balaban J connectivity index is 1.29. The number of imide groups is 1. The molecule has 2 aliphatic rings. The average molecular weight is 431 g/mol. The third kappa shape index (κ3) is 4.95. The first-order chi connectivity index (χ1) is 14.9. The normalized spacial score (nSPS) is 21.4. The highest BCUT2D eigenvalue weighted by atomic mass is 19.3. The first-order valence-corrected chi connectivity index (χ1v) is 10.2. The highest BCUT2D eigenvalue weighted by Crippen LogP contribution is 2.35. The summed E-state index contributed by atoms with van der Waals surface area (Å²) in [5.74, 6) is 1.24. The van der Waals surface area contributed by atoms with Gasteiger partial charge in [-0.15, -0.1) is 0 Å². The molecule has 0 aromatic carbocycles. The highest BCUT2D eigenvalue weighted by Gasteiger charge is 2.35. The Morgan fingerprint density at radius 1 is 1.06 bits per heavy atom. The number of anilines is 1. The summed E-state index contributed by atoms with van der Waals surface area (Å²) >= 11 is 0. The lowest BCUT2D eigenvalue weighted by Gasteiger charge is -2.15. The second kappa shape index (κ2) is 8.91. The number of ether oxygens (including phenoxy) is 1. The third-order valence-corrected chi connectivity index (χ3v) is 5.73. The van der Waals surface area contributed by atoms with Crippen LogP contribution in [-0.4, -0.2) is 52.0 Å². The number of rotatable bonds is 7. The van der Waals surface area contributed by atoms with Crippen molar-refractivity contribution in [1.82, 2.24) is 19.9 Å². The van der Waals surface area contributed by atoms with Crippen LogP contribution in [0.2, 0.25) is 0 Å². The number of carbonyl (C=O) groups is 2. The van der Waals surface area contributed by atoms with Gasteiger partial charge in [0, 0.05) is 19.2 Å². The number of carbonyl (C=O) groups excluding carboxylic acids is 2. The Bertz CT molecular complexity index is 939. The second-order valence-corrected chi connectivity index (χ2v) is 8.04. The van der Waals surface area contributed by atoms with Gasteiger partial charge in [-0.2, -0.15) is 8.78 Å². The molecule has 4 rings (SSSR count). The van der Waals surface area contributed by atoms with Crippen molar-refractivity contribution in [3.05, 3.63) is 42.2 Å². The molecule has 2 aromatic heterocycles. The Hall–Kier alpha value is -3.17. The zero-order valence-electron chi connectivity index (χ0n) is 17.1. The van der Waals surface area contributed by atoms with Gasteiger partial charge in [-0.05, 0) is 49.7 Å². The Morgan fingerprint density at radius 2 is 1.77 bits per heavy atom. The van der Waals surface area contributed by atoms with Crippen molar-refractivity contribution >= 4 is 17.6 Å². The van der Waals surface area contributed by atoms with Gasteiger partial charge in [0.2, 0.25) is 0 Å². The number of alkyl halides is 2. The summed E-state index contributed by atoms with van der Waals surface area (Å²) in [7, 11) is 1.59. The van der Waals surface area contributed by atoms with Crippen LogP contribution in [0.25, 0.3) is 0 Å². The van der Waals surface area contributed by atoms with Crippen molar-refractivity contribution in [3.8, 4) is 5.75 Å². The number of halogens is 2. The van der Waals surface area contributed by atoms with Crippen LogP contribution >= 0.6 is 0 Å². The molecular weight excluding hydrogens is 408 g/mol. The molecular formula is C21H23F2N5O3. The van der Waals surface area contributed by atoms with Crippen LogP contribution in [0.5, 0.6) is 5.75 Å². The minimum Gasteiger partial charge on any atom is -0.432 e. The van der Waals surface area contributed by atoms with E-state index in [2.05, 4.69) is 19.7 Å². The summed E-state index contributed by atoms with van der Waals surface area (Å²) in [4.78, 5) is 39.3. The van der Waals surface area contributed by atoms with Gasteiger partial charge in [-0.3, -0.25) is 9.78 Å². The zero-order valence-corrected chi connectivity index (χ0v) is 17.1. The summed E-state index contributed by atoms with van der Waals surface area (Å²) < 4.78 is 28.7. The maximum Gasteiger partial charge on any atom is 0.387 e. The number of hydrogen-bond donors (Lipinski definition) is 0. The van der Waals surface area contributed by atoms with Crippen molar-refractivity contribution < 1.29 is 23.1 Å². The van der Waals surface area contributed by atoms with Crippen molar-refractivity contribution in [2.75, 3.05) is 18.5 Å².